The minimum Gasteiger partial charge on any atom is -0.496 e. The van der Waals surface area contributed by atoms with Crippen LogP contribution in [-0.4, -0.2) is 19.6 Å². The van der Waals surface area contributed by atoms with E-state index in [9.17, 15) is 4.79 Å². The van der Waals surface area contributed by atoms with Gasteiger partial charge in [0, 0.05) is 17.1 Å². The molecule has 0 aliphatic heterocycles. The Hall–Kier alpha value is -2.20. The zero-order chi connectivity index (χ0) is 15.9. The second-order valence-corrected chi connectivity index (χ2v) is 5.27. The predicted molar refractivity (Wildman–Crippen MR) is 86.5 cm³/mol. The molecule has 0 fully saturated rings. The van der Waals surface area contributed by atoms with Crippen LogP contribution in [-0.2, 0) is 11.3 Å². The summed E-state index contributed by atoms with van der Waals surface area (Å²) < 4.78 is 10.7. The average molecular weight is 320 g/mol. The van der Waals surface area contributed by atoms with Crippen LogP contribution in [0.2, 0.25) is 5.02 Å². The molecule has 0 spiro atoms. The zero-order valence-corrected chi connectivity index (χ0v) is 13.3. The van der Waals surface area contributed by atoms with Crippen molar-refractivity contribution in [1.82, 2.24) is 5.32 Å². The number of aryl methyl sites for hydroxylation is 1. The van der Waals surface area contributed by atoms with E-state index in [1.165, 1.54) is 0 Å². The number of carbonyl (C=O) groups excluding carboxylic acids is 1. The molecule has 22 heavy (non-hydrogen) atoms. The van der Waals surface area contributed by atoms with E-state index in [2.05, 4.69) is 5.32 Å². The molecule has 0 aliphatic rings. The summed E-state index contributed by atoms with van der Waals surface area (Å²) in [7, 11) is 1.58. The van der Waals surface area contributed by atoms with Gasteiger partial charge in [-0.25, -0.2) is 0 Å². The van der Waals surface area contributed by atoms with E-state index in [0.29, 0.717) is 23.1 Å². The summed E-state index contributed by atoms with van der Waals surface area (Å²) in [4.78, 5) is 11.8. The molecule has 2 aromatic rings. The Morgan fingerprint density at radius 3 is 2.77 bits per heavy atom. The van der Waals surface area contributed by atoms with E-state index in [1.54, 1.807) is 25.3 Å². The normalized spacial score (nSPS) is 10.1. The van der Waals surface area contributed by atoms with E-state index in [-0.39, 0.29) is 12.5 Å². The number of hydrogen-bond acceptors (Lipinski definition) is 3. The van der Waals surface area contributed by atoms with Gasteiger partial charge in [0.05, 0.1) is 7.11 Å². The van der Waals surface area contributed by atoms with Crippen LogP contribution in [0.1, 0.15) is 11.1 Å². The first-order chi connectivity index (χ1) is 10.6. The summed E-state index contributed by atoms with van der Waals surface area (Å²) >= 11 is 5.95. The molecule has 0 saturated heterocycles. The van der Waals surface area contributed by atoms with E-state index >= 15 is 0 Å². The summed E-state index contributed by atoms with van der Waals surface area (Å²) in [5, 5.41) is 3.38. The fourth-order valence-corrected chi connectivity index (χ4v) is 2.18. The average Bonchev–Trinajstić information content (AvgIpc) is 2.51. The Balaban J connectivity index is 1.86. The van der Waals surface area contributed by atoms with E-state index in [4.69, 9.17) is 21.1 Å². The lowest BCUT2D eigenvalue weighted by molar-refractivity contribution is -0.123. The van der Waals surface area contributed by atoms with Crippen molar-refractivity contribution in [3.05, 3.63) is 58.6 Å². The Labute approximate surface area is 135 Å². The van der Waals surface area contributed by atoms with E-state index in [1.807, 2.05) is 31.2 Å². The van der Waals surface area contributed by atoms with E-state index in [0.717, 1.165) is 11.1 Å². The van der Waals surface area contributed by atoms with Gasteiger partial charge in [-0.05, 0) is 42.8 Å². The Bertz CT molecular complexity index is 658. The molecule has 1 N–H and O–H groups in total. The highest BCUT2D eigenvalue weighted by molar-refractivity contribution is 6.30. The highest BCUT2D eigenvalue weighted by Crippen LogP contribution is 2.22. The minimum absolute atomic E-state index is 0.0354. The first-order valence-corrected chi connectivity index (χ1v) is 7.25. The maximum absolute atomic E-state index is 11.8. The number of nitrogens with one attached hydrogen (secondary N) is 1. The van der Waals surface area contributed by atoms with Gasteiger partial charge in [-0.2, -0.15) is 0 Å². The monoisotopic (exact) mass is 319 g/mol. The molecule has 0 bridgehead atoms. The summed E-state index contributed by atoms with van der Waals surface area (Å²) in [6.45, 7) is 2.27. The molecule has 1 amide bonds. The topological polar surface area (TPSA) is 47.6 Å². The van der Waals surface area contributed by atoms with Crippen LogP contribution in [0.5, 0.6) is 11.5 Å². The van der Waals surface area contributed by atoms with Crippen LogP contribution in [0, 0.1) is 6.92 Å². The van der Waals surface area contributed by atoms with Crippen LogP contribution in [0.15, 0.2) is 42.5 Å². The molecule has 2 rings (SSSR count). The van der Waals surface area contributed by atoms with Crippen molar-refractivity contribution in [3.8, 4) is 11.5 Å². The number of benzene rings is 2. The molecule has 0 unspecified atom stereocenters. The van der Waals surface area contributed by atoms with Crippen molar-refractivity contribution in [3.63, 3.8) is 0 Å². The number of methoxy groups -OCH3 is 1. The fourth-order valence-electron chi connectivity index (χ4n) is 1.98. The lowest BCUT2D eigenvalue weighted by atomic mass is 10.2. The lowest BCUT2D eigenvalue weighted by Crippen LogP contribution is -2.28. The molecule has 0 saturated carbocycles. The third-order valence-electron chi connectivity index (χ3n) is 3.08. The van der Waals surface area contributed by atoms with Crippen molar-refractivity contribution >= 4 is 17.5 Å². The number of halogens is 1. The molecule has 4 nitrogen and oxygen atoms in total. The largest absolute Gasteiger partial charge is 0.496 e. The highest BCUT2D eigenvalue weighted by Gasteiger charge is 2.07. The van der Waals surface area contributed by atoms with Crippen LogP contribution < -0.4 is 14.8 Å². The quantitative estimate of drug-likeness (QED) is 0.888. The maximum Gasteiger partial charge on any atom is 0.258 e. The molecule has 0 heterocycles. The molecule has 116 valence electrons. The van der Waals surface area contributed by atoms with Gasteiger partial charge >= 0.3 is 0 Å². The van der Waals surface area contributed by atoms with Crippen LogP contribution in [0.4, 0.5) is 0 Å². The number of rotatable bonds is 6. The second kappa shape index (κ2) is 7.71. The Morgan fingerprint density at radius 1 is 1.23 bits per heavy atom. The van der Waals surface area contributed by atoms with Crippen LogP contribution in [0.25, 0.3) is 0 Å². The Morgan fingerprint density at radius 2 is 2.05 bits per heavy atom. The molecular weight excluding hydrogens is 302 g/mol. The van der Waals surface area contributed by atoms with Crippen molar-refractivity contribution in [2.24, 2.45) is 0 Å². The molecule has 5 heteroatoms. The van der Waals surface area contributed by atoms with Gasteiger partial charge < -0.3 is 14.8 Å². The van der Waals surface area contributed by atoms with Crippen molar-refractivity contribution in [2.45, 2.75) is 13.5 Å². The highest BCUT2D eigenvalue weighted by atomic mass is 35.5. The summed E-state index contributed by atoms with van der Waals surface area (Å²) in [5.41, 5.74) is 1.90. The maximum atomic E-state index is 11.8. The number of ether oxygens (including phenoxy) is 2. The van der Waals surface area contributed by atoms with Crippen LogP contribution in [0.3, 0.4) is 0 Å². The van der Waals surface area contributed by atoms with Crippen LogP contribution >= 0.6 is 11.6 Å². The SMILES string of the molecule is COc1ccc(Cl)cc1CNC(=O)COc1cccc(C)c1. The number of amides is 1. The number of hydrogen-bond donors (Lipinski definition) is 1. The van der Waals surface area contributed by atoms with Crippen molar-refractivity contribution in [1.29, 1.82) is 0 Å². The molecule has 0 aliphatic carbocycles. The minimum atomic E-state index is -0.205. The third-order valence-corrected chi connectivity index (χ3v) is 3.31. The predicted octanol–water partition coefficient (Wildman–Crippen LogP) is 3.35. The van der Waals surface area contributed by atoms with Gasteiger partial charge in [0.15, 0.2) is 6.61 Å². The van der Waals surface area contributed by atoms with Crippen molar-refractivity contribution in [2.75, 3.05) is 13.7 Å². The third kappa shape index (κ3) is 4.67. The first kappa shape index (κ1) is 16.2. The standard InChI is InChI=1S/C17H18ClNO3/c1-12-4-3-5-15(8-12)22-11-17(20)19-10-13-9-14(18)6-7-16(13)21-2/h3-9H,10-11H2,1-2H3,(H,19,20). The first-order valence-electron chi connectivity index (χ1n) is 6.87. The van der Waals surface area contributed by atoms with Gasteiger partial charge in [-0.15, -0.1) is 0 Å². The summed E-state index contributed by atoms with van der Waals surface area (Å²) in [5.74, 6) is 1.16. The Kier molecular flexibility index (Phi) is 5.67. The van der Waals surface area contributed by atoms with E-state index < -0.39 is 0 Å². The molecule has 2 aromatic carbocycles. The lowest BCUT2D eigenvalue weighted by Gasteiger charge is -2.11. The molecular formula is C17H18ClNO3. The summed E-state index contributed by atoms with van der Waals surface area (Å²) in [6, 6.07) is 12.8. The number of carbonyl (C=O) groups is 1. The molecule has 0 aromatic heterocycles. The van der Waals surface area contributed by atoms with Crippen molar-refractivity contribution < 1.29 is 14.3 Å². The molecule has 0 atom stereocenters. The van der Waals surface area contributed by atoms with Gasteiger partial charge in [0.2, 0.25) is 0 Å². The van der Waals surface area contributed by atoms with Gasteiger partial charge in [-0.1, -0.05) is 23.7 Å². The molecule has 0 radical (unpaired) electrons. The zero-order valence-electron chi connectivity index (χ0n) is 12.6. The van der Waals surface area contributed by atoms with Gasteiger partial charge in [0.25, 0.3) is 5.91 Å². The smallest absolute Gasteiger partial charge is 0.258 e. The second-order valence-electron chi connectivity index (χ2n) is 4.84. The summed E-state index contributed by atoms with van der Waals surface area (Å²) in [6.07, 6.45) is 0. The van der Waals surface area contributed by atoms with Gasteiger partial charge in [-0.3, -0.25) is 4.79 Å². The fraction of sp³-hybridized carbons (Fsp3) is 0.235. The van der Waals surface area contributed by atoms with Gasteiger partial charge in [0.1, 0.15) is 11.5 Å².